The highest BCUT2D eigenvalue weighted by Crippen LogP contribution is 2.33. The van der Waals surface area contributed by atoms with E-state index >= 15 is 0 Å². The fourth-order valence-corrected chi connectivity index (χ4v) is 2.46. The van der Waals surface area contributed by atoms with Crippen LogP contribution in [0, 0.1) is 13.8 Å². The van der Waals surface area contributed by atoms with Crippen molar-refractivity contribution in [1.29, 1.82) is 0 Å². The summed E-state index contributed by atoms with van der Waals surface area (Å²) in [6.45, 7) is 4.37. The molecule has 0 saturated heterocycles. The second-order valence-corrected chi connectivity index (χ2v) is 5.11. The van der Waals surface area contributed by atoms with Crippen molar-refractivity contribution < 1.29 is 15.0 Å². The zero-order valence-corrected chi connectivity index (χ0v) is 11.9. The van der Waals surface area contributed by atoms with Gasteiger partial charge in [-0.25, -0.2) is 14.3 Å². The molecule has 2 N–H and O–H groups in total. The number of fused-ring (bicyclic) bond motifs is 1. The molecule has 2 aromatic rings. The molecule has 1 unspecified atom stereocenters. The third-order valence-corrected chi connectivity index (χ3v) is 3.69. The van der Waals surface area contributed by atoms with Crippen molar-refractivity contribution in [3.8, 4) is 0 Å². The van der Waals surface area contributed by atoms with E-state index in [-0.39, 0.29) is 16.4 Å². The van der Waals surface area contributed by atoms with Crippen molar-refractivity contribution in [3.63, 3.8) is 0 Å². The molecule has 19 heavy (non-hydrogen) atoms. The minimum atomic E-state index is -2.16. The van der Waals surface area contributed by atoms with E-state index in [9.17, 15) is 9.90 Å². The second kappa shape index (κ2) is 4.33. The van der Waals surface area contributed by atoms with Crippen LogP contribution in [-0.4, -0.2) is 30.8 Å². The summed E-state index contributed by atoms with van der Waals surface area (Å²) in [5, 5.41) is 23.5. The second-order valence-electron chi connectivity index (χ2n) is 4.38. The molecule has 8 heteroatoms. The molecule has 0 bridgehead atoms. The molecule has 2 rings (SSSR count). The minimum absolute atomic E-state index is 0.00617. The molecule has 0 saturated carbocycles. The predicted octanol–water partition coefficient (Wildman–Crippen LogP) is 1.95. The van der Waals surface area contributed by atoms with E-state index < -0.39 is 11.6 Å². The number of aliphatic hydroxyl groups is 1. The summed E-state index contributed by atoms with van der Waals surface area (Å²) in [5.41, 5.74) is -1.04. The molecule has 1 atom stereocenters. The topological polar surface area (TPSA) is 87.7 Å². The number of halogens is 2. The lowest BCUT2D eigenvalue weighted by Gasteiger charge is -2.21. The van der Waals surface area contributed by atoms with Gasteiger partial charge in [0.2, 0.25) is 0 Å². The van der Waals surface area contributed by atoms with E-state index in [1.165, 1.54) is 4.52 Å². The summed E-state index contributed by atoms with van der Waals surface area (Å²) in [5.74, 6) is -1.42. The number of aryl methyl sites for hydroxylation is 2. The maximum Gasteiger partial charge on any atom is 0.340 e. The molecule has 0 aliphatic carbocycles. The number of hydrogen-bond acceptors (Lipinski definition) is 4. The van der Waals surface area contributed by atoms with Crippen molar-refractivity contribution in [2.75, 3.05) is 0 Å². The largest absolute Gasteiger partial charge is 0.479 e. The van der Waals surface area contributed by atoms with E-state index in [0.717, 1.165) is 6.92 Å². The Morgan fingerprint density at radius 3 is 2.42 bits per heavy atom. The molecule has 0 aliphatic heterocycles. The summed E-state index contributed by atoms with van der Waals surface area (Å²) in [6, 6.07) is 0. The van der Waals surface area contributed by atoms with Crippen LogP contribution in [0.4, 0.5) is 0 Å². The van der Waals surface area contributed by atoms with Crippen molar-refractivity contribution in [3.05, 3.63) is 27.1 Å². The van der Waals surface area contributed by atoms with E-state index in [0.29, 0.717) is 16.4 Å². The van der Waals surface area contributed by atoms with E-state index in [4.69, 9.17) is 28.3 Å². The summed E-state index contributed by atoms with van der Waals surface area (Å²) < 4.78 is 1.22. The molecule has 2 aromatic heterocycles. The average molecular weight is 304 g/mol. The lowest BCUT2D eigenvalue weighted by atomic mass is 9.96. The SMILES string of the molecule is Cc1nc2c(Cl)c(C)nn2c(Cl)c1C(C)(O)C(=O)O. The molecule has 0 amide bonds. The lowest BCUT2D eigenvalue weighted by molar-refractivity contribution is -0.157. The van der Waals surface area contributed by atoms with Gasteiger partial charge in [-0.15, -0.1) is 0 Å². The number of hydrogen-bond donors (Lipinski definition) is 2. The standard InChI is InChI=1S/C11H11Cl2N3O3/c1-4-6(11(3,19)10(17)18)8(13)16-9(14-4)7(12)5(2)15-16/h19H,1-3H3,(H,17,18). The van der Waals surface area contributed by atoms with Crippen LogP contribution < -0.4 is 0 Å². The van der Waals surface area contributed by atoms with Gasteiger partial charge < -0.3 is 10.2 Å². The van der Waals surface area contributed by atoms with Gasteiger partial charge >= 0.3 is 5.97 Å². The minimum Gasteiger partial charge on any atom is -0.479 e. The van der Waals surface area contributed by atoms with Gasteiger partial charge in [0.05, 0.1) is 11.3 Å². The number of aliphatic carboxylic acids is 1. The Morgan fingerprint density at radius 1 is 1.32 bits per heavy atom. The Labute approximate surface area is 118 Å². The smallest absolute Gasteiger partial charge is 0.340 e. The van der Waals surface area contributed by atoms with Gasteiger partial charge in [-0.2, -0.15) is 5.10 Å². The number of rotatable bonds is 2. The van der Waals surface area contributed by atoms with Crippen LogP contribution in [0.5, 0.6) is 0 Å². The number of carbonyl (C=O) groups is 1. The van der Waals surface area contributed by atoms with Crippen molar-refractivity contribution >= 4 is 34.8 Å². The van der Waals surface area contributed by atoms with Crippen molar-refractivity contribution in [2.45, 2.75) is 26.4 Å². The van der Waals surface area contributed by atoms with E-state index in [2.05, 4.69) is 10.1 Å². The van der Waals surface area contributed by atoms with Gasteiger partial charge in [-0.3, -0.25) is 0 Å². The first-order valence-corrected chi connectivity index (χ1v) is 6.10. The number of carboxylic acids is 1. The molecule has 0 radical (unpaired) electrons. The Hall–Kier alpha value is -1.37. The molecule has 0 aliphatic rings. The van der Waals surface area contributed by atoms with Gasteiger partial charge in [0.25, 0.3) is 0 Å². The van der Waals surface area contributed by atoms with Gasteiger partial charge in [0, 0.05) is 5.69 Å². The molecule has 0 aromatic carbocycles. The average Bonchev–Trinajstić information content (AvgIpc) is 2.56. The highest BCUT2D eigenvalue weighted by atomic mass is 35.5. The van der Waals surface area contributed by atoms with Crippen LogP contribution in [-0.2, 0) is 10.4 Å². The monoisotopic (exact) mass is 303 g/mol. The van der Waals surface area contributed by atoms with Crippen molar-refractivity contribution in [1.82, 2.24) is 14.6 Å². The first-order chi connectivity index (χ1) is 8.67. The van der Waals surface area contributed by atoms with Crippen LogP contribution in [0.2, 0.25) is 10.2 Å². The maximum absolute atomic E-state index is 11.1. The Balaban J connectivity index is 2.88. The highest BCUT2D eigenvalue weighted by molar-refractivity contribution is 6.35. The molecular formula is C11H11Cl2N3O3. The summed E-state index contributed by atoms with van der Waals surface area (Å²) >= 11 is 12.2. The van der Waals surface area contributed by atoms with Gasteiger partial charge in [-0.1, -0.05) is 23.2 Å². The van der Waals surface area contributed by atoms with Gasteiger partial charge in [-0.05, 0) is 20.8 Å². The fraction of sp³-hybridized carbons (Fsp3) is 0.364. The summed E-state index contributed by atoms with van der Waals surface area (Å²) in [6.07, 6.45) is 0. The number of aromatic nitrogens is 3. The van der Waals surface area contributed by atoms with Crippen LogP contribution in [0.3, 0.4) is 0 Å². The zero-order valence-electron chi connectivity index (χ0n) is 10.4. The normalized spacial score (nSPS) is 14.6. The summed E-state index contributed by atoms with van der Waals surface area (Å²) in [7, 11) is 0. The molecule has 0 fully saturated rings. The first-order valence-electron chi connectivity index (χ1n) is 5.35. The number of nitrogens with zero attached hydrogens (tertiary/aromatic N) is 3. The first kappa shape index (κ1) is 14.0. The van der Waals surface area contributed by atoms with Gasteiger partial charge in [0.15, 0.2) is 11.2 Å². The number of carboxylic acid groups (broad SMARTS) is 1. The Kier molecular flexibility index (Phi) is 3.20. The maximum atomic E-state index is 11.1. The van der Waals surface area contributed by atoms with Gasteiger partial charge in [0.1, 0.15) is 10.2 Å². The zero-order chi connectivity index (χ0) is 14.5. The third kappa shape index (κ3) is 1.96. The molecule has 102 valence electrons. The predicted molar refractivity (Wildman–Crippen MR) is 69.7 cm³/mol. The Morgan fingerprint density at radius 2 is 1.89 bits per heavy atom. The lowest BCUT2D eigenvalue weighted by Crippen LogP contribution is -2.34. The fourth-order valence-electron chi connectivity index (χ4n) is 1.86. The summed E-state index contributed by atoms with van der Waals surface area (Å²) in [4.78, 5) is 15.3. The van der Waals surface area contributed by atoms with Crippen LogP contribution in [0.15, 0.2) is 0 Å². The van der Waals surface area contributed by atoms with Crippen molar-refractivity contribution in [2.24, 2.45) is 0 Å². The molecular weight excluding hydrogens is 293 g/mol. The molecule has 0 spiro atoms. The molecule has 2 heterocycles. The van der Waals surface area contributed by atoms with Crippen LogP contribution >= 0.6 is 23.2 Å². The quantitative estimate of drug-likeness (QED) is 0.828. The van der Waals surface area contributed by atoms with E-state index in [1.54, 1.807) is 13.8 Å². The molecule has 6 nitrogen and oxygen atoms in total. The van der Waals surface area contributed by atoms with Crippen LogP contribution in [0.1, 0.15) is 23.9 Å². The van der Waals surface area contributed by atoms with E-state index in [1.807, 2.05) is 0 Å². The highest BCUT2D eigenvalue weighted by Gasteiger charge is 2.38. The third-order valence-electron chi connectivity index (χ3n) is 2.90. The van der Waals surface area contributed by atoms with Crippen LogP contribution in [0.25, 0.3) is 5.65 Å². The Bertz CT molecular complexity index is 694.